The van der Waals surface area contributed by atoms with Crippen LogP contribution in [-0.4, -0.2) is 57.8 Å². The summed E-state index contributed by atoms with van der Waals surface area (Å²) in [6, 6.07) is 5.88. The molecule has 0 heterocycles. The Hall–Kier alpha value is -3.12. The zero-order valence-corrected chi connectivity index (χ0v) is 31.3. The summed E-state index contributed by atoms with van der Waals surface area (Å²) in [6.07, 6.45) is -6.57. The maximum atomic E-state index is 13.6. The van der Waals surface area contributed by atoms with E-state index in [1.54, 1.807) is 0 Å². The predicted octanol–water partition coefficient (Wildman–Crippen LogP) is 4.86. The van der Waals surface area contributed by atoms with Gasteiger partial charge in [0.25, 0.3) is 0 Å². The number of halogens is 6. The summed E-state index contributed by atoms with van der Waals surface area (Å²) in [5, 5.41) is 0. The maximum Gasteiger partial charge on any atom is 0.416 e. The van der Waals surface area contributed by atoms with E-state index >= 15 is 0 Å². The van der Waals surface area contributed by atoms with Crippen molar-refractivity contribution < 1.29 is 60.0 Å². The lowest BCUT2D eigenvalue weighted by Gasteiger charge is -2.32. The number of alkyl halides is 6. The molecule has 2 saturated carbocycles. The Balaban J connectivity index is 1.29. The van der Waals surface area contributed by atoms with E-state index in [1.807, 2.05) is 0 Å². The standard InChI is InChI=1S/C32H36F6N4O8S4/c33-31(34,35)21-12-16-23(17-13-21)51(43,44)39-27-8-1-3-10-29(27)41-53(47,48)25-6-5-7-26(20-25)54(49,50)42-30-11-4-2-9-28(30)40-52(45,46)24-18-14-22(15-19-24)32(36,37)38/h5-7,12-20,27-30,39-42H,1-4,8-11H2/t27-,28-,29-,30-/m1/s1. The Bertz CT molecular complexity index is 2100. The first kappa shape index (κ1) is 42.0. The van der Waals surface area contributed by atoms with Crippen molar-refractivity contribution in [1.82, 2.24) is 18.9 Å². The molecule has 3 aromatic rings. The second kappa shape index (κ2) is 15.8. The Labute approximate surface area is 309 Å². The quantitative estimate of drug-likeness (QED) is 0.186. The van der Waals surface area contributed by atoms with E-state index in [4.69, 9.17) is 0 Å². The third kappa shape index (κ3) is 10.2. The second-order valence-electron chi connectivity index (χ2n) is 13.0. The van der Waals surface area contributed by atoms with Crippen molar-refractivity contribution >= 4 is 40.1 Å². The summed E-state index contributed by atoms with van der Waals surface area (Å²) < 4.78 is 194. The van der Waals surface area contributed by atoms with Gasteiger partial charge in [-0.3, -0.25) is 0 Å². The number of hydrogen-bond acceptors (Lipinski definition) is 8. The molecule has 12 nitrogen and oxygen atoms in total. The first-order chi connectivity index (χ1) is 25.0. The van der Waals surface area contributed by atoms with Crippen LogP contribution in [-0.2, 0) is 52.4 Å². The fourth-order valence-corrected chi connectivity index (χ4v) is 11.8. The molecule has 298 valence electrons. The Morgan fingerprint density at radius 2 is 0.667 bits per heavy atom. The van der Waals surface area contributed by atoms with Crippen LogP contribution in [0, 0.1) is 0 Å². The minimum Gasteiger partial charge on any atom is -0.207 e. The molecule has 2 aliphatic carbocycles. The van der Waals surface area contributed by atoms with Crippen LogP contribution in [0.2, 0.25) is 0 Å². The van der Waals surface area contributed by atoms with E-state index in [1.165, 1.54) is 6.07 Å². The Morgan fingerprint density at radius 1 is 0.407 bits per heavy atom. The van der Waals surface area contributed by atoms with Gasteiger partial charge >= 0.3 is 12.4 Å². The highest BCUT2D eigenvalue weighted by Gasteiger charge is 2.37. The number of hydrogen-bond donors (Lipinski definition) is 4. The molecular weight excluding hydrogens is 811 g/mol. The molecule has 5 rings (SSSR count). The van der Waals surface area contributed by atoms with Crippen molar-refractivity contribution in [3.05, 3.63) is 83.9 Å². The second-order valence-corrected chi connectivity index (χ2v) is 19.9. The van der Waals surface area contributed by atoms with Crippen LogP contribution in [0.4, 0.5) is 26.3 Å². The summed E-state index contributed by atoms with van der Waals surface area (Å²) in [5.74, 6) is 0. The summed E-state index contributed by atoms with van der Waals surface area (Å²) in [5.41, 5.74) is -2.10. The zero-order valence-electron chi connectivity index (χ0n) is 28.1. The van der Waals surface area contributed by atoms with Gasteiger partial charge in [0, 0.05) is 24.2 Å². The molecule has 0 aliphatic heterocycles. The lowest BCUT2D eigenvalue weighted by Crippen LogP contribution is -2.53. The van der Waals surface area contributed by atoms with Gasteiger partial charge in [-0.15, -0.1) is 0 Å². The van der Waals surface area contributed by atoms with Crippen molar-refractivity contribution in [3.63, 3.8) is 0 Å². The van der Waals surface area contributed by atoms with Crippen molar-refractivity contribution in [2.24, 2.45) is 0 Å². The molecule has 0 amide bonds. The monoisotopic (exact) mass is 846 g/mol. The van der Waals surface area contributed by atoms with E-state index in [9.17, 15) is 60.0 Å². The van der Waals surface area contributed by atoms with Gasteiger partial charge in [-0.05, 0) is 92.4 Å². The average molecular weight is 847 g/mol. The first-order valence-corrected chi connectivity index (χ1v) is 22.5. The average Bonchev–Trinajstić information content (AvgIpc) is 3.09. The molecular formula is C32H36F6N4O8S4. The smallest absolute Gasteiger partial charge is 0.207 e. The van der Waals surface area contributed by atoms with E-state index in [2.05, 4.69) is 18.9 Å². The zero-order chi connectivity index (χ0) is 39.7. The molecule has 0 radical (unpaired) electrons. The van der Waals surface area contributed by atoms with Crippen LogP contribution in [0.25, 0.3) is 0 Å². The van der Waals surface area contributed by atoms with Crippen LogP contribution in [0.15, 0.2) is 92.4 Å². The molecule has 0 saturated heterocycles. The predicted molar refractivity (Wildman–Crippen MR) is 183 cm³/mol. The lowest BCUT2D eigenvalue weighted by molar-refractivity contribution is -0.138. The van der Waals surface area contributed by atoms with Gasteiger partial charge in [0.05, 0.1) is 30.7 Å². The number of benzene rings is 3. The number of rotatable bonds is 12. The van der Waals surface area contributed by atoms with Crippen molar-refractivity contribution in [2.45, 2.75) is 107 Å². The summed E-state index contributed by atoms with van der Waals surface area (Å²) in [4.78, 5) is -1.88. The normalized spacial score (nSPS) is 22.2. The topological polar surface area (TPSA) is 185 Å². The van der Waals surface area contributed by atoms with Gasteiger partial charge in [0.2, 0.25) is 40.1 Å². The molecule has 4 N–H and O–H groups in total. The third-order valence-corrected chi connectivity index (χ3v) is 15.2. The highest BCUT2D eigenvalue weighted by Crippen LogP contribution is 2.32. The fraction of sp³-hybridized carbons (Fsp3) is 0.438. The molecule has 0 unspecified atom stereocenters. The molecule has 3 aromatic carbocycles. The molecule has 0 spiro atoms. The van der Waals surface area contributed by atoms with Gasteiger partial charge in [-0.2, -0.15) is 26.3 Å². The van der Waals surface area contributed by atoms with E-state index in [0.29, 0.717) is 49.9 Å². The van der Waals surface area contributed by atoms with Crippen molar-refractivity contribution in [2.75, 3.05) is 0 Å². The minimum atomic E-state index is -4.69. The van der Waals surface area contributed by atoms with Crippen LogP contribution in [0.3, 0.4) is 0 Å². The largest absolute Gasteiger partial charge is 0.416 e. The third-order valence-electron chi connectivity index (χ3n) is 9.17. The molecule has 54 heavy (non-hydrogen) atoms. The Morgan fingerprint density at radius 3 is 0.926 bits per heavy atom. The molecule has 22 heteroatoms. The molecule has 4 atom stereocenters. The molecule has 2 fully saturated rings. The van der Waals surface area contributed by atoms with Crippen LogP contribution in [0.1, 0.15) is 62.5 Å². The van der Waals surface area contributed by atoms with Gasteiger partial charge in [0.1, 0.15) is 0 Å². The van der Waals surface area contributed by atoms with Gasteiger partial charge in [0.15, 0.2) is 0 Å². The minimum absolute atomic E-state index is 0.185. The van der Waals surface area contributed by atoms with Gasteiger partial charge < -0.3 is 0 Å². The molecule has 2 aliphatic rings. The summed E-state index contributed by atoms with van der Waals surface area (Å²) in [7, 11) is -17.7. The first-order valence-electron chi connectivity index (χ1n) is 16.5. The maximum absolute atomic E-state index is 13.6. The van der Waals surface area contributed by atoms with E-state index in [-0.39, 0.29) is 25.7 Å². The summed E-state index contributed by atoms with van der Waals surface area (Å²) >= 11 is 0. The highest BCUT2D eigenvalue weighted by molar-refractivity contribution is 7.90. The summed E-state index contributed by atoms with van der Waals surface area (Å²) in [6.45, 7) is 0. The van der Waals surface area contributed by atoms with Crippen LogP contribution in [0.5, 0.6) is 0 Å². The Kier molecular flexibility index (Phi) is 12.3. The van der Waals surface area contributed by atoms with Crippen molar-refractivity contribution in [3.8, 4) is 0 Å². The highest BCUT2D eigenvalue weighted by atomic mass is 32.2. The molecule has 0 bridgehead atoms. The molecule has 0 aromatic heterocycles. The van der Waals surface area contributed by atoms with E-state index < -0.39 is 107 Å². The van der Waals surface area contributed by atoms with E-state index in [0.717, 1.165) is 42.5 Å². The van der Waals surface area contributed by atoms with Crippen LogP contribution < -0.4 is 18.9 Å². The number of nitrogens with one attached hydrogen (secondary N) is 4. The lowest BCUT2D eigenvalue weighted by atomic mass is 9.92. The number of sulfonamides is 4. The van der Waals surface area contributed by atoms with Crippen LogP contribution >= 0.6 is 0 Å². The van der Waals surface area contributed by atoms with Crippen molar-refractivity contribution in [1.29, 1.82) is 0 Å². The fourth-order valence-electron chi connectivity index (χ4n) is 6.35. The van der Waals surface area contributed by atoms with Gasteiger partial charge in [-0.1, -0.05) is 31.7 Å². The SMILES string of the molecule is O=S(=O)(N[C@@H]1CCCC[C@H]1NS(=O)(=O)c1cccc(S(=O)(=O)N[C@@H]2CCCC[C@H]2NS(=O)(=O)c2ccc(C(F)(F)F)cc2)c1)c1ccc(C(F)(F)F)cc1. The van der Waals surface area contributed by atoms with Gasteiger partial charge in [-0.25, -0.2) is 52.6 Å².